The quantitative estimate of drug-likeness (QED) is 0.176. The van der Waals surface area contributed by atoms with E-state index in [-0.39, 0.29) is 0 Å². The Balaban J connectivity index is 1.06. The summed E-state index contributed by atoms with van der Waals surface area (Å²) in [5.41, 5.74) is 12.2. The molecule has 0 aliphatic carbocycles. The van der Waals surface area contributed by atoms with E-state index in [0.717, 1.165) is 55.5 Å². The van der Waals surface area contributed by atoms with Gasteiger partial charge in [-0.25, -0.2) is 0 Å². The normalized spacial score (nSPS) is 11.5. The van der Waals surface area contributed by atoms with Crippen molar-refractivity contribution >= 4 is 60.5 Å². The summed E-state index contributed by atoms with van der Waals surface area (Å²) in [5, 5.41) is 7.12. The molecule has 0 bridgehead atoms. The topological polar surface area (TPSA) is 16.4 Å². The van der Waals surface area contributed by atoms with Crippen molar-refractivity contribution in [2.75, 3.05) is 4.90 Å². The highest BCUT2D eigenvalue weighted by atomic mass is 16.3. The lowest BCUT2D eigenvalue weighted by Gasteiger charge is -2.28. The van der Waals surface area contributed by atoms with E-state index < -0.39 is 0 Å². The Bertz CT molecular complexity index is 2880. The van der Waals surface area contributed by atoms with Gasteiger partial charge in [0.25, 0.3) is 0 Å². The van der Waals surface area contributed by atoms with Crippen LogP contribution in [-0.4, -0.2) is 0 Å². The molecule has 0 fully saturated rings. The van der Waals surface area contributed by atoms with Gasteiger partial charge in [0.2, 0.25) is 0 Å². The average molecular weight is 664 g/mol. The first kappa shape index (κ1) is 30.0. The summed E-state index contributed by atoms with van der Waals surface area (Å²) in [7, 11) is 0. The molecule has 0 aliphatic rings. The number of hydrogen-bond donors (Lipinski definition) is 0. The number of fused-ring (bicyclic) bond motifs is 6. The van der Waals surface area contributed by atoms with E-state index in [1.165, 1.54) is 38.4 Å². The molecule has 0 atom stereocenters. The van der Waals surface area contributed by atoms with Gasteiger partial charge < -0.3 is 9.32 Å². The summed E-state index contributed by atoms with van der Waals surface area (Å²) in [5.74, 6) is 0. The Labute approximate surface area is 302 Å². The predicted molar refractivity (Wildman–Crippen MR) is 220 cm³/mol. The fourth-order valence-electron chi connectivity index (χ4n) is 7.71. The fourth-order valence-corrected chi connectivity index (χ4v) is 7.71. The van der Waals surface area contributed by atoms with Crippen LogP contribution in [0.25, 0.3) is 76.9 Å². The van der Waals surface area contributed by atoms with Gasteiger partial charge in [-0.15, -0.1) is 0 Å². The minimum atomic E-state index is 0.901. The Kier molecular flexibility index (Phi) is 7.18. The monoisotopic (exact) mass is 663 g/mol. The van der Waals surface area contributed by atoms with Crippen molar-refractivity contribution in [1.29, 1.82) is 0 Å². The number of para-hydroxylation sites is 1. The molecule has 0 unspecified atom stereocenters. The molecule has 2 nitrogen and oxygen atoms in total. The van der Waals surface area contributed by atoms with Gasteiger partial charge in [-0.3, -0.25) is 0 Å². The van der Waals surface area contributed by atoms with Gasteiger partial charge in [0, 0.05) is 33.1 Å². The zero-order valence-corrected chi connectivity index (χ0v) is 28.4. The van der Waals surface area contributed by atoms with Crippen LogP contribution in [-0.2, 0) is 0 Å². The first-order valence-electron chi connectivity index (χ1n) is 17.8. The first-order chi connectivity index (χ1) is 25.8. The van der Waals surface area contributed by atoms with Crippen molar-refractivity contribution < 1.29 is 4.42 Å². The molecular weight excluding hydrogens is 631 g/mol. The fraction of sp³-hybridized carbons (Fsp3) is 0. The second-order valence-electron chi connectivity index (χ2n) is 13.3. The number of hydrogen-bond acceptors (Lipinski definition) is 2. The third-order valence-corrected chi connectivity index (χ3v) is 10.3. The van der Waals surface area contributed by atoms with Crippen LogP contribution < -0.4 is 4.90 Å². The minimum absolute atomic E-state index is 0.901. The molecule has 0 saturated carbocycles. The molecule has 10 rings (SSSR count). The van der Waals surface area contributed by atoms with E-state index in [0.29, 0.717) is 0 Å². The summed E-state index contributed by atoms with van der Waals surface area (Å²) >= 11 is 0. The van der Waals surface area contributed by atoms with Crippen LogP contribution in [0.5, 0.6) is 0 Å². The van der Waals surface area contributed by atoms with Crippen LogP contribution in [0.15, 0.2) is 205 Å². The largest absolute Gasteiger partial charge is 0.455 e. The summed E-state index contributed by atoms with van der Waals surface area (Å²) in [6.45, 7) is 0. The predicted octanol–water partition coefficient (Wildman–Crippen LogP) is 14.4. The third kappa shape index (κ3) is 5.12. The molecule has 0 N–H and O–H groups in total. The van der Waals surface area contributed by atoms with E-state index in [2.05, 4.69) is 205 Å². The highest BCUT2D eigenvalue weighted by molar-refractivity contribution is 6.15. The van der Waals surface area contributed by atoms with Gasteiger partial charge >= 0.3 is 0 Å². The van der Waals surface area contributed by atoms with Crippen LogP contribution in [0, 0.1) is 0 Å². The summed E-state index contributed by atoms with van der Waals surface area (Å²) in [4.78, 5) is 2.37. The number of anilines is 3. The van der Waals surface area contributed by atoms with Gasteiger partial charge in [-0.2, -0.15) is 0 Å². The molecule has 0 spiro atoms. The van der Waals surface area contributed by atoms with Gasteiger partial charge in [0.05, 0.1) is 5.69 Å². The summed E-state index contributed by atoms with van der Waals surface area (Å²) in [6, 6.07) is 71.6. The maximum Gasteiger partial charge on any atom is 0.143 e. The van der Waals surface area contributed by atoms with Crippen molar-refractivity contribution in [3.8, 4) is 33.4 Å². The van der Waals surface area contributed by atoms with E-state index in [9.17, 15) is 0 Å². The molecule has 2 heteroatoms. The lowest BCUT2D eigenvalue weighted by molar-refractivity contribution is 0.673. The van der Waals surface area contributed by atoms with E-state index in [4.69, 9.17) is 4.42 Å². The van der Waals surface area contributed by atoms with E-state index >= 15 is 0 Å². The van der Waals surface area contributed by atoms with Gasteiger partial charge in [0.1, 0.15) is 11.2 Å². The van der Waals surface area contributed by atoms with Crippen molar-refractivity contribution in [2.45, 2.75) is 0 Å². The van der Waals surface area contributed by atoms with Crippen molar-refractivity contribution in [3.05, 3.63) is 200 Å². The van der Waals surface area contributed by atoms with Crippen LogP contribution in [0.2, 0.25) is 0 Å². The number of nitrogens with zero attached hydrogens (tertiary/aromatic N) is 1. The molecule has 52 heavy (non-hydrogen) atoms. The smallest absolute Gasteiger partial charge is 0.143 e. The molecule has 9 aromatic carbocycles. The van der Waals surface area contributed by atoms with Crippen LogP contribution in [0.3, 0.4) is 0 Å². The van der Waals surface area contributed by atoms with Crippen molar-refractivity contribution in [1.82, 2.24) is 0 Å². The standard InChI is InChI=1S/C50H33NO/c1-2-11-36(12-3-1)44-17-8-9-20-48(44)51(41-29-23-38(24-30-41)43-19-10-15-35-13-4-6-16-42(35)43)40-27-21-34(22-28-40)39-26-31-46-47-32-25-37-14-5-7-18-45(37)50(47)52-49(46)33-39/h1-33H. The number of furan rings is 1. The van der Waals surface area contributed by atoms with Crippen LogP contribution >= 0.6 is 0 Å². The molecule has 0 radical (unpaired) electrons. The second-order valence-corrected chi connectivity index (χ2v) is 13.3. The molecule has 10 aromatic rings. The Morgan fingerprint density at radius 1 is 0.327 bits per heavy atom. The second kappa shape index (κ2) is 12.5. The van der Waals surface area contributed by atoms with Gasteiger partial charge in [-0.1, -0.05) is 152 Å². The molecule has 0 aliphatic heterocycles. The van der Waals surface area contributed by atoms with E-state index in [1.807, 2.05) is 0 Å². The summed E-state index contributed by atoms with van der Waals surface area (Å²) in [6.07, 6.45) is 0. The lowest BCUT2D eigenvalue weighted by atomic mass is 9.97. The van der Waals surface area contributed by atoms with E-state index in [1.54, 1.807) is 0 Å². The molecular formula is C50H33NO. The molecule has 244 valence electrons. The third-order valence-electron chi connectivity index (χ3n) is 10.3. The number of benzene rings is 9. The van der Waals surface area contributed by atoms with Gasteiger partial charge in [-0.05, 0) is 92.5 Å². The Hall–Kier alpha value is -6.90. The molecule has 1 aromatic heterocycles. The Morgan fingerprint density at radius 3 is 1.67 bits per heavy atom. The SMILES string of the molecule is c1ccc(-c2ccccc2N(c2ccc(-c3ccc4c(c3)oc3c5ccccc5ccc43)cc2)c2ccc(-c3cccc4ccccc34)cc2)cc1. The maximum absolute atomic E-state index is 6.52. The Morgan fingerprint density at radius 2 is 0.885 bits per heavy atom. The summed E-state index contributed by atoms with van der Waals surface area (Å²) < 4.78 is 6.52. The molecule has 0 saturated heterocycles. The molecule has 1 heterocycles. The van der Waals surface area contributed by atoms with Crippen molar-refractivity contribution in [3.63, 3.8) is 0 Å². The average Bonchev–Trinajstić information content (AvgIpc) is 3.60. The minimum Gasteiger partial charge on any atom is -0.455 e. The van der Waals surface area contributed by atoms with Crippen LogP contribution in [0.1, 0.15) is 0 Å². The first-order valence-corrected chi connectivity index (χ1v) is 17.8. The molecule has 0 amide bonds. The lowest BCUT2D eigenvalue weighted by Crippen LogP contribution is -2.11. The highest BCUT2D eigenvalue weighted by Gasteiger charge is 2.18. The highest BCUT2D eigenvalue weighted by Crippen LogP contribution is 2.43. The van der Waals surface area contributed by atoms with Crippen molar-refractivity contribution in [2.24, 2.45) is 0 Å². The zero-order valence-electron chi connectivity index (χ0n) is 28.4. The van der Waals surface area contributed by atoms with Crippen LogP contribution in [0.4, 0.5) is 17.1 Å². The maximum atomic E-state index is 6.52. The van der Waals surface area contributed by atoms with Gasteiger partial charge in [0.15, 0.2) is 0 Å². The zero-order chi connectivity index (χ0) is 34.4. The number of rotatable bonds is 6.